The summed E-state index contributed by atoms with van der Waals surface area (Å²) in [6.45, 7) is 0.600. The maximum atomic E-state index is 11.4. The van der Waals surface area contributed by atoms with Gasteiger partial charge in [0.15, 0.2) is 0 Å². The summed E-state index contributed by atoms with van der Waals surface area (Å²) in [6, 6.07) is 0. The highest BCUT2D eigenvalue weighted by Gasteiger charge is 2.25. The SMILES string of the molecule is [B]c1cncc2c1CN(C)C2=O. The van der Waals surface area contributed by atoms with Gasteiger partial charge < -0.3 is 4.90 Å². The lowest BCUT2D eigenvalue weighted by Crippen LogP contribution is -2.17. The standard InChI is InChI=1S/C8H7BN2O/c1-11-4-6-5(8(11)12)2-10-3-7(6)9/h2-3H,4H2,1H3. The third kappa shape index (κ3) is 0.842. The average Bonchev–Trinajstić information content (AvgIpc) is 2.32. The van der Waals surface area contributed by atoms with E-state index in [4.69, 9.17) is 7.85 Å². The number of fused-ring (bicyclic) bond motifs is 1. The van der Waals surface area contributed by atoms with E-state index >= 15 is 0 Å². The molecule has 0 N–H and O–H groups in total. The van der Waals surface area contributed by atoms with Crippen molar-refractivity contribution < 1.29 is 4.79 Å². The van der Waals surface area contributed by atoms with Gasteiger partial charge in [-0.25, -0.2) is 0 Å². The number of rotatable bonds is 0. The summed E-state index contributed by atoms with van der Waals surface area (Å²) in [4.78, 5) is 16.9. The normalized spacial score (nSPS) is 15.1. The zero-order chi connectivity index (χ0) is 8.72. The zero-order valence-electron chi connectivity index (χ0n) is 6.74. The van der Waals surface area contributed by atoms with Crippen LogP contribution in [0.2, 0.25) is 0 Å². The molecular formula is C8H7BN2O. The molecule has 0 bridgehead atoms. The average molecular weight is 158 g/mol. The molecule has 12 heavy (non-hydrogen) atoms. The Labute approximate surface area is 71.8 Å². The van der Waals surface area contributed by atoms with Gasteiger partial charge in [0.2, 0.25) is 0 Å². The van der Waals surface area contributed by atoms with E-state index in [0.717, 1.165) is 5.56 Å². The van der Waals surface area contributed by atoms with Crippen LogP contribution in [0.15, 0.2) is 12.4 Å². The van der Waals surface area contributed by atoms with E-state index in [1.165, 1.54) is 0 Å². The van der Waals surface area contributed by atoms with Crippen LogP contribution in [0.3, 0.4) is 0 Å². The van der Waals surface area contributed by atoms with Gasteiger partial charge in [0, 0.05) is 26.0 Å². The smallest absolute Gasteiger partial charge is 0.255 e. The summed E-state index contributed by atoms with van der Waals surface area (Å²) in [5.74, 6) is 0.00444. The van der Waals surface area contributed by atoms with Crippen LogP contribution in [-0.4, -0.2) is 30.7 Å². The van der Waals surface area contributed by atoms with Crippen molar-refractivity contribution in [2.45, 2.75) is 6.54 Å². The fourth-order valence-electron chi connectivity index (χ4n) is 1.38. The van der Waals surface area contributed by atoms with Gasteiger partial charge in [0.25, 0.3) is 5.91 Å². The Morgan fingerprint density at radius 3 is 3.00 bits per heavy atom. The first-order valence-corrected chi connectivity index (χ1v) is 3.68. The highest BCUT2D eigenvalue weighted by molar-refractivity contribution is 6.34. The highest BCUT2D eigenvalue weighted by Crippen LogP contribution is 2.17. The number of hydrogen-bond acceptors (Lipinski definition) is 2. The molecule has 2 rings (SSSR count). The van der Waals surface area contributed by atoms with Gasteiger partial charge in [0.1, 0.15) is 7.85 Å². The van der Waals surface area contributed by atoms with Gasteiger partial charge in [-0.15, -0.1) is 0 Å². The summed E-state index contributed by atoms with van der Waals surface area (Å²) >= 11 is 0. The van der Waals surface area contributed by atoms with E-state index in [9.17, 15) is 4.79 Å². The molecule has 0 spiro atoms. The lowest BCUT2D eigenvalue weighted by molar-refractivity contribution is 0.0816. The number of hydrogen-bond donors (Lipinski definition) is 0. The van der Waals surface area contributed by atoms with Crippen molar-refractivity contribution in [1.29, 1.82) is 0 Å². The summed E-state index contributed by atoms with van der Waals surface area (Å²) in [6.07, 6.45) is 3.14. The molecule has 58 valence electrons. The van der Waals surface area contributed by atoms with Crippen molar-refractivity contribution >= 4 is 19.2 Å². The third-order valence-electron chi connectivity index (χ3n) is 2.06. The molecular weight excluding hydrogens is 151 g/mol. The fraction of sp³-hybridized carbons (Fsp3) is 0.250. The fourth-order valence-corrected chi connectivity index (χ4v) is 1.38. The van der Waals surface area contributed by atoms with E-state index in [0.29, 0.717) is 17.6 Å². The molecule has 0 aromatic carbocycles. The van der Waals surface area contributed by atoms with Crippen molar-refractivity contribution in [2.24, 2.45) is 0 Å². The number of carbonyl (C=O) groups excluding carboxylic acids is 1. The minimum atomic E-state index is 0.00444. The summed E-state index contributed by atoms with van der Waals surface area (Å²) in [7, 11) is 7.41. The van der Waals surface area contributed by atoms with Crippen LogP contribution in [0.1, 0.15) is 15.9 Å². The molecule has 2 radical (unpaired) electrons. The molecule has 1 aliphatic rings. The zero-order valence-corrected chi connectivity index (χ0v) is 6.74. The van der Waals surface area contributed by atoms with Crippen LogP contribution in [0.25, 0.3) is 0 Å². The van der Waals surface area contributed by atoms with Crippen molar-refractivity contribution in [3.8, 4) is 0 Å². The first-order valence-electron chi connectivity index (χ1n) is 3.68. The first kappa shape index (κ1) is 7.34. The van der Waals surface area contributed by atoms with Gasteiger partial charge in [-0.05, 0) is 5.56 Å². The Kier molecular flexibility index (Phi) is 1.43. The molecule has 1 amide bonds. The Bertz CT molecular complexity index is 351. The van der Waals surface area contributed by atoms with Crippen LogP contribution in [0.5, 0.6) is 0 Å². The monoisotopic (exact) mass is 158 g/mol. The molecule has 1 aromatic heterocycles. The molecule has 3 nitrogen and oxygen atoms in total. The van der Waals surface area contributed by atoms with Gasteiger partial charge >= 0.3 is 0 Å². The van der Waals surface area contributed by atoms with Crippen LogP contribution >= 0.6 is 0 Å². The summed E-state index contributed by atoms with van der Waals surface area (Å²) in [5.41, 5.74) is 2.14. The highest BCUT2D eigenvalue weighted by atomic mass is 16.2. The van der Waals surface area contributed by atoms with E-state index in [1.807, 2.05) is 0 Å². The van der Waals surface area contributed by atoms with Crippen LogP contribution in [0.4, 0.5) is 0 Å². The van der Waals surface area contributed by atoms with Crippen LogP contribution < -0.4 is 5.46 Å². The quantitative estimate of drug-likeness (QED) is 0.475. The second-order valence-electron chi connectivity index (χ2n) is 2.92. The number of aromatic nitrogens is 1. The minimum absolute atomic E-state index is 0.00444. The van der Waals surface area contributed by atoms with E-state index in [2.05, 4.69) is 4.98 Å². The molecule has 1 aliphatic heterocycles. The molecule has 0 saturated carbocycles. The molecule has 1 aromatic rings. The molecule has 0 saturated heterocycles. The maximum absolute atomic E-state index is 11.4. The third-order valence-corrected chi connectivity index (χ3v) is 2.06. The molecule has 4 heteroatoms. The lowest BCUT2D eigenvalue weighted by Gasteiger charge is -2.04. The van der Waals surface area contributed by atoms with E-state index in [-0.39, 0.29) is 5.91 Å². The van der Waals surface area contributed by atoms with Crippen molar-refractivity contribution in [3.63, 3.8) is 0 Å². The van der Waals surface area contributed by atoms with Gasteiger partial charge in [0.05, 0.1) is 5.56 Å². The number of carbonyl (C=O) groups is 1. The molecule has 0 fully saturated rings. The Hall–Kier alpha value is -1.32. The Morgan fingerprint density at radius 2 is 2.33 bits per heavy atom. The topological polar surface area (TPSA) is 33.2 Å². The van der Waals surface area contributed by atoms with E-state index in [1.54, 1.807) is 24.3 Å². The Balaban J connectivity index is 2.61. The summed E-state index contributed by atoms with van der Waals surface area (Å²) < 4.78 is 0. The lowest BCUT2D eigenvalue weighted by atomic mass is 9.91. The number of nitrogens with zero attached hydrogens (tertiary/aromatic N) is 2. The van der Waals surface area contributed by atoms with Crippen molar-refractivity contribution in [3.05, 3.63) is 23.5 Å². The molecule has 0 aliphatic carbocycles. The molecule has 0 unspecified atom stereocenters. The predicted octanol–water partition coefficient (Wildman–Crippen LogP) is -0.539. The summed E-state index contributed by atoms with van der Waals surface area (Å²) in [5, 5.41) is 0. The maximum Gasteiger partial charge on any atom is 0.255 e. The van der Waals surface area contributed by atoms with Gasteiger partial charge in [-0.3, -0.25) is 9.78 Å². The second kappa shape index (κ2) is 2.34. The largest absolute Gasteiger partial charge is 0.337 e. The van der Waals surface area contributed by atoms with Crippen molar-refractivity contribution in [1.82, 2.24) is 9.88 Å². The van der Waals surface area contributed by atoms with E-state index < -0.39 is 0 Å². The number of pyridine rings is 1. The first-order chi connectivity index (χ1) is 5.70. The van der Waals surface area contributed by atoms with Crippen LogP contribution in [0, 0.1) is 0 Å². The molecule has 0 atom stereocenters. The van der Waals surface area contributed by atoms with Gasteiger partial charge in [-0.2, -0.15) is 0 Å². The van der Waals surface area contributed by atoms with Crippen LogP contribution in [-0.2, 0) is 6.54 Å². The second-order valence-corrected chi connectivity index (χ2v) is 2.92. The Morgan fingerprint density at radius 1 is 1.58 bits per heavy atom. The predicted molar refractivity (Wildman–Crippen MR) is 45.4 cm³/mol. The van der Waals surface area contributed by atoms with Crippen molar-refractivity contribution in [2.75, 3.05) is 7.05 Å². The number of amides is 1. The van der Waals surface area contributed by atoms with Gasteiger partial charge in [-0.1, -0.05) is 5.46 Å². The minimum Gasteiger partial charge on any atom is -0.337 e. The molecule has 2 heterocycles.